The van der Waals surface area contributed by atoms with Crippen molar-refractivity contribution in [2.45, 2.75) is 25.6 Å². The summed E-state index contributed by atoms with van der Waals surface area (Å²) in [4.78, 5) is 4.97. The first-order valence-corrected chi connectivity index (χ1v) is 14.3. The van der Waals surface area contributed by atoms with Gasteiger partial charge in [0.1, 0.15) is 22.6 Å². The van der Waals surface area contributed by atoms with E-state index in [0.717, 1.165) is 33.7 Å². The maximum Gasteiger partial charge on any atom is 0.316 e. The van der Waals surface area contributed by atoms with Gasteiger partial charge in [-0.2, -0.15) is 13.5 Å². The number of pyridine rings is 2. The average molecular weight is 530 g/mol. The van der Waals surface area contributed by atoms with Crippen molar-refractivity contribution in [1.82, 2.24) is 14.0 Å². The van der Waals surface area contributed by atoms with E-state index >= 15 is 0 Å². The fourth-order valence-electron chi connectivity index (χ4n) is 8.44. The van der Waals surface area contributed by atoms with Crippen LogP contribution >= 0.6 is 0 Å². The summed E-state index contributed by atoms with van der Waals surface area (Å²) in [6.07, 6.45) is 1.91. The first kappa shape index (κ1) is 20.6. The number of para-hydroxylation sites is 4. The molecule has 0 saturated heterocycles. The molecule has 0 amide bonds. The molecule has 1 spiro atoms. The van der Waals surface area contributed by atoms with Crippen LogP contribution in [0.4, 0.5) is 0 Å². The highest BCUT2D eigenvalue weighted by molar-refractivity contribution is 6.15. The molecule has 7 heterocycles. The largest absolute Gasteiger partial charge is 0.456 e. The highest BCUT2D eigenvalue weighted by Gasteiger charge is 2.68. The van der Waals surface area contributed by atoms with Gasteiger partial charge in [-0.3, -0.25) is 0 Å². The monoisotopic (exact) mass is 529 g/mol. The highest BCUT2D eigenvalue weighted by atomic mass is 16.5. The molecule has 0 radical (unpaired) electrons. The quantitative estimate of drug-likeness (QED) is 0.178. The number of imidazole rings is 2. The van der Waals surface area contributed by atoms with Crippen molar-refractivity contribution in [3.63, 3.8) is 0 Å². The van der Waals surface area contributed by atoms with Crippen molar-refractivity contribution < 1.29 is 13.9 Å². The molecule has 0 N–H and O–H groups in total. The van der Waals surface area contributed by atoms with Gasteiger partial charge in [0.2, 0.25) is 5.65 Å². The lowest BCUT2D eigenvalue weighted by atomic mass is 9.85. The molecule has 6 heteroatoms. The molecule has 4 aromatic carbocycles. The Bertz CT molecular complexity index is 2550. The third-order valence-electron chi connectivity index (χ3n) is 9.64. The third-order valence-corrected chi connectivity index (χ3v) is 9.64. The zero-order chi connectivity index (χ0) is 26.8. The molecular formula is C35H23N5O+2. The molecule has 1 atom stereocenters. The predicted molar refractivity (Wildman–Crippen MR) is 158 cm³/mol. The fourth-order valence-corrected chi connectivity index (χ4v) is 8.44. The van der Waals surface area contributed by atoms with Crippen LogP contribution in [0.2, 0.25) is 0 Å². The molecule has 6 nitrogen and oxygen atoms in total. The van der Waals surface area contributed by atoms with Crippen LogP contribution in [0.25, 0.3) is 60.9 Å². The molecular weight excluding hydrogens is 506 g/mol. The van der Waals surface area contributed by atoms with E-state index in [2.05, 4.69) is 117 Å². The van der Waals surface area contributed by atoms with Gasteiger partial charge in [-0.05, 0) is 74.5 Å². The van der Waals surface area contributed by atoms with Crippen LogP contribution in [0.15, 0.2) is 97.2 Å². The summed E-state index contributed by atoms with van der Waals surface area (Å²) in [6, 6.07) is 33.1. The number of ether oxygens (including phenoxy) is 1. The van der Waals surface area contributed by atoms with Gasteiger partial charge in [0, 0.05) is 11.6 Å². The Labute approximate surface area is 233 Å². The zero-order valence-electron chi connectivity index (χ0n) is 22.5. The SMILES string of the molecule is CC(C)n1c2[n+](c3ccccc31)C13c4c(cccc4-2)Oc2ccc4c5cccnc5n5c6ccccc6[n+]1c5c4c23. The Hall–Kier alpha value is -5.23. The number of benzene rings is 4. The molecule has 41 heavy (non-hydrogen) atoms. The Kier molecular flexibility index (Phi) is 3.22. The van der Waals surface area contributed by atoms with Crippen LogP contribution in [0.1, 0.15) is 31.0 Å². The smallest absolute Gasteiger partial charge is 0.316 e. The summed E-state index contributed by atoms with van der Waals surface area (Å²) in [7, 11) is 0. The second kappa shape index (κ2) is 6.39. The lowest BCUT2D eigenvalue weighted by molar-refractivity contribution is -0.929. The standard InChI is InChI=1S/C35H23N5O/c1-19(2)37-23-11-3-5-13-25(23)39-33(37)22-9-7-15-27-30(22)35(39)31-28(41-27)17-16-20-21-10-8-18-36-32(21)38-24-12-4-6-14-26(24)40(35)34(38)29(20)31/h3-19H,1-2H3/q+2. The molecule has 3 aliphatic heterocycles. The molecule has 0 saturated carbocycles. The summed E-state index contributed by atoms with van der Waals surface area (Å²) in [5, 5.41) is 3.59. The van der Waals surface area contributed by atoms with Crippen LogP contribution in [0, 0.1) is 0 Å². The topological polar surface area (TPSA) is 39.2 Å². The molecule has 8 aromatic rings. The minimum atomic E-state index is -0.651. The summed E-state index contributed by atoms with van der Waals surface area (Å²) >= 11 is 0. The van der Waals surface area contributed by atoms with Gasteiger partial charge in [-0.15, -0.1) is 0 Å². The normalized spacial score (nSPS) is 17.5. The lowest BCUT2D eigenvalue weighted by Gasteiger charge is -2.30. The first-order chi connectivity index (χ1) is 20.2. The van der Waals surface area contributed by atoms with Crippen molar-refractivity contribution in [1.29, 1.82) is 0 Å². The predicted octanol–water partition coefficient (Wildman–Crippen LogP) is 6.60. The van der Waals surface area contributed by atoms with E-state index in [9.17, 15) is 0 Å². The van der Waals surface area contributed by atoms with E-state index in [-0.39, 0.29) is 6.04 Å². The summed E-state index contributed by atoms with van der Waals surface area (Å²) in [5.74, 6) is 3.06. The minimum Gasteiger partial charge on any atom is -0.456 e. The maximum absolute atomic E-state index is 6.83. The third kappa shape index (κ3) is 1.94. The van der Waals surface area contributed by atoms with E-state index < -0.39 is 5.66 Å². The minimum absolute atomic E-state index is 0.270. The maximum atomic E-state index is 6.83. The average Bonchev–Trinajstić information content (AvgIpc) is 3.71. The van der Waals surface area contributed by atoms with Gasteiger partial charge in [0.15, 0.2) is 22.1 Å². The van der Waals surface area contributed by atoms with Crippen LogP contribution in [0.5, 0.6) is 11.5 Å². The van der Waals surface area contributed by atoms with Crippen LogP contribution in [0.3, 0.4) is 0 Å². The van der Waals surface area contributed by atoms with Crippen LogP contribution in [-0.4, -0.2) is 14.0 Å². The van der Waals surface area contributed by atoms with Crippen LogP contribution in [-0.2, 0) is 5.66 Å². The Morgan fingerprint density at radius 2 is 1.51 bits per heavy atom. The Morgan fingerprint density at radius 3 is 2.37 bits per heavy atom. The summed E-state index contributed by atoms with van der Waals surface area (Å²) in [5.41, 5.74) is 9.94. The van der Waals surface area contributed by atoms with Crippen molar-refractivity contribution in [2.75, 3.05) is 0 Å². The lowest BCUT2D eigenvalue weighted by Crippen LogP contribution is -2.71. The number of nitrogens with zero attached hydrogens (tertiary/aromatic N) is 5. The zero-order valence-corrected chi connectivity index (χ0v) is 22.5. The number of aromatic nitrogens is 5. The van der Waals surface area contributed by atoms with Crippen molar-refractivity contribution in [3.8, 4) is 22.9 Å². The number of rotatable bonds is 1. The van der Waals surface area contributed by atoms with Gasteiger partial charge < -0.3 is 4.74 Å². The molecule has 0 bridgehead atoms. The van der Waals surface area contributed by atoms with Crippen molar-refractivity contribution in [3.05, 3.63) is 108 Å². The van der Waals surface area contributed by atoms with Gasteiger partial charge in [-0.25, -0.2) is 9.55 Å². The van der Waals surface area contributed by atoms with Gasteiger partial charge >= 0.3 is 11.3 Å². The summed E-state index contributed by atoms with van der Waals surface area (Å²) < 4.78 is 16.9. The Morgan fingerprint density at radius 1 is 0.732 bits per heavy atom. The summed E-state index contributed by atoms with van der Waals surface area (Å²) in [6.45, 7) is 4.57. The molecule has 1 unspecified atom stereocenters. The Balaban J connectivity index is 1.53. The van der Waals surface area contributed by atoms with E-state index in [1.165, 1.54) is 49.8 Å². The van der Waals surface area contributed by atoms with E-state index in [4.69, 9.17) is 9.72 Å². The highest BCUT2D eigenvalue weighted by Crippen LogP contribution is 2.58. The molecule has 3 aliphatic rings. The van der Waals surface area contributed by atoms with Crippen molar-refractivity contribution in [2.24, 2.45) is 0 Å². The van der Waals surface area contributed by atoms with Crippen molar-refractivity contribution >= 4 is 49.5 Å². The van der Waals surface area contributed by atoms with E-state index in [0.29, 0.717) is 0 Å². The molecule has 4 aromatic heterocycles. The van der Waals surface area contributed by atoms with Gasteiger partial charge in [0.25, 0.3) is 5.82 Å². The molecule has 0 fully saturated rings. The van der Waals surface area contributed by atoms with Gasteiger partial charge in [-0.1, -0.05) is 30.3 Å². The second-order valence-corrected chi connectivity index (χ2v) is 11.8. The fraction of sp³-hybridized carbons (Fsp3) is 0.114. The van der Waals surface area contributed by atoms with E-state index in [1.807, 2.05) is 12.3 Å². The number of hydrogen-bond acceptors (Lipinski definition) is 2. The van der Waals surface area contributed by atoms with Gasteiger partial charge in [0.05, 0.1) is 22.4 Å². The molecule has 11 rings (SSSR count). The first-order valence-electron chi connectivity index (χ1n) is 14.3. The van der Waals surface area contributed by atoms with E-state index in [1.54, 1.807) is 0 Å². The number of hydrogen-bond donors (Lipinski definition) is 0. The number of fused-ring (bicyclic) bond motifs is 10. The van der Waals surface area contributed by atoms with Crippen LogP contribution < -0.4 is 13.9 Å². The molecule has 192 valence electrons. The molecule has 0 aliphatic carbocycles. The second-order valence-electron chi connectivity index (χ2n) is 11.8.